The summed E-state index contributed by atoms with van der Waals surface area (Å²) in [5.74, 6) is 0.0588. The highest BCUT2D eigenvalue weighted by Gasteiger charge is 2.49. The van der Waals surface area contributed by atoms with Crippen LogP contribution in [0.25, 0.3) is 0 Å². The highest BCUT2D eigenvalue weighted by Crippen LogP contribution is 2.42. The number of aryl methyl sites for hydroxylation is 1. The fraction of sp³-hybridized carbons (Fsp3) is 0.769. The summed E-state index contributed by atoms with van der Waals surface area (Å²) in [6.45, 7) is 7.56. The van der Waals surface area contributed by atoms with E-state index in [0.29, 0.717) is 13.0 Å². The van der Waals surface area contributed by atoms with Gasteiger partial charge in [0.1, 0.15) is 12.7 Å². The van der Waals surface area contributed by atoms with Gasteiger partial charge >= 0.3 is 0 Å². The number of rotatable bonds is 6. The summed E-state index contributed by atoms with van der Waals surface area (Å²) in [6, 6.07) is 0.201. The second-order valence-corrected chi connectivity index (χ2v) is 5.53. The van der Waals surface area contributed by atoms with Crippen LogP contribution >= 0.6 is 0 Å². The maximum Gasteiger partial charge on any atom is 0.222 e. The van der Waals surface area contributed by atoms with E-state index < -0.39 is 0 Å². The number of carbonyl (C=O) groups excluding carboxylic acids is 1. The number of nitrogens with zero attached hydrogens (tertiary/aromatic N) is 3. The van der Waals surface area contributed by atoms with Gasteiger partial charge in [0.05, 0.1) is 12.6 Å². The van der Waals surface area contributed by atoms with Crippen LogP contribution in [0.5, 0.6) is 0 Å². The van der Waals surface area contributed by atoms with Crippen molar-refractivity contribution in [2.45, 2.75) is 52.3 Å². The van der Waals surface area contributed by atoms with Crippen molar-refractivity contribution < 1.29 is 9.53 Å². The second-order valence-electron chi connectivity index (χ2n) is 5.53. The minimum Gasteiger partial charge on any atom is -0.378 e. The third-order valence-electron chi connectivity index (χ3n) is 3.92. The first-order valence-electron chi connectivity index (χ1n) is 6.77. The average Bonchev–Trinajstić information content (AvgIpc) is 2.88. The maximum atomic E-state index is 11.9. The molecule has 0 radical (unpaired) electrons. The van der Waals surface area contributed by atoms with Crippen LogP contribution in [0, 0.1) is 5.41 Å². The summed E-state index contributed by atoms with van der Waals surface area (Å²) in [4.78, 5) is 15.7. The van der Waals surface area contributed by atoms with Crippen LogP contribution in [0.2, 0.25) is 0 Å². The predicted molar refractivity (Wildman–Crippen MR) is 70.4 cm³/mol. The van der Waals surface area contributed by atoms with Crippen molar-refractivity contribution in [3.05, 3.63) is 12.7 Å². The van der Waals surface area contributed by atoms with Gasteiger partial charge in [0.15, 0.2) is 0 Å². The van der Waals surface area contributed by atoms with E-state index in [1.54, 1.807) is 11.0 Å². The van der Waals surface area contributed by atoms with Crippen LogP contribution in [-0.4, -0.2) is 39.4 Å². The van der Waals surface area contributed by atoms with Crippen molar-refractivity contribution in [3.8, 4) is 0 Å². The third kappa shape index (κ3) is 3.12. The smallest absolute Gasteiger partial charge is 0.222 e. The van der Waals surface area contributed by atoms with Gasteiger partial charge in [0.25, 0.3) is 0 Å². The Labute approximate surface area is 113 Å². The molecule has 1 saturated carbocycles. The first-order chi connectivity index (χ1) is 9.04. The summed E-state index contributed by atoms with van der Waals surface area (Å²) < 4.78 is 7.31. The minimum atomic E-state index is 0.0128. The van der Waals surface area contributed by atoms with Gasteiger partial charge in [-0.3, -0.25) is 9.48 Å². The van der Waals surface area contributed by atoms with Gasteiger partial charge in [0.2, 0.25) is 5.91 Å². The molecule has 0 saturated heterocycles. The first kappa shape index (κ1) is 14.0. The van der Waals surface area contributed by atoms with E-state index in [1.807, 2.05) is 6.92 Å². The molecule has 1 aliphatic carbocycles. The van der Waals surface area contributed by atoms with Gasteiger partial charge < -0.3 is 10.1 Å². The van der Waals surface area contributed by atoms with Crippen LogP contribution < -0.4 is 5.32 Å². The monoisotopic (exact) mass is 266 g/mol. The van der Waals surface area contributed by atoms with Crippen LogP contribution in [0.4, 0.5) is 0 Å². The Bertz CT molecular complexity index is 416. The standard InChI is InChI=1S/C13H22N4O2/c1-4-19-11-7-10(13(11,2)3)16-12(18)5-6-17-9-14-8-15-17/h8-11H,4-7H2,1-3H3,(H,16,18)/t10-,11+/m0/s1. The molecule has 6 heteroatoms. The zero-order valence-electron chi connectivity index (χ0n) is 11.8. The van der Waals surface area contributed by atoms with Crippen molar-refractivity contribution in [2.75, 3.05) is 6.61 Å². The van der Waals surface area contributed by atoms with Gasteiger partial charge in [-0.25, -0.2) is 4.98 Å². The Morgan fingerprint density at radius 1 is 1.58 bits per heavy atom. The van der Waals surface area contributed by atoms with Crippen LogP contribution in [0.1, 0.15) is 33.6 Å². The first-order valence-corrected chi connectivity index (χ1v) is 6.77. The fourth-order valence-corrected chi connectivity index (χ4v) is 2.45. The van der Waals surface area contributed by atoms with Crippen molar-refractivity contribution >= 4 is 5.91 Å². The lowest BCUT2D eigenvalue weighted by Gasteiger charge is -2.51. The molecule has 1 aromatic heterocycles. The van der Waals surface area contributed by atoms with Crippen molar-refractivity contribution in [1.29, 1.82) is 0 Å². The molecule has 1 amide bonds. The van der Waals surface area contributed by atoms with E-state index in [2.05, 4.69) is 29.2 Å². The van der Waals surface area contributed by atoms with Gasteiger partial charge in [-0.05, 0) is 13.3 Å². The zero-order valence-corrected chi connectivity index (χ0v) is 11.8. The molecular formula is C13H22N4O2. The molecule has 2 atom stereocenters. The van der Waals surface area contributed by atoms with Crippen molar-refractivity contribution in [2.24, 2.45) is 5.41 Å². The lowest BCUT2D eigenvalue weighted by atomic mass is 9.64. The normalized spacial score (nSPS) is 24.8. The molecule has 1 N–H and O–H groups in total. The summed E-state index contributed by atoms with van der Waals surface area (Å²) in [7, 11) is 0. The Balaban J connectivity index is 1.74. The zero-order chi connectivity index (χ0) is 13.9. The lowest BCUT2D eigenvalue weighted by molar-refractivity contribution is -0.136. The Morgan fingerprint density at radius 2 is 2.37 bits per heavy atom. The highest BCUT2D eigenvalue weighted by atomic mass is 16.5. The summed E-state index contributed by atoms with van der Waals surface area (Å²) in [5.41, 5.74) is 0.0128. The highest BCUT2D eigenvalue weighted by molar-refractivity contribution is 5.76. The van der Waals surface area contributed by atoms with Crippen LogP contribution in [0.3, 0.4) is 0 Å². The van der Waals surface area contributed by atoms with Crippen LogP contribution in [0.15, 0.2) is 12.7 Å². The largest absolute Gasteiger partial charge is 0.378 e. The average molecular weight is 266 g/mol. The number of ether oxygens (including phenoxy) is 1. The van der Waals surface area contributed by atoms with Gasteiger partial charge in [0, 0.05) is 24.5 Å². The van der Waals surface area contributed by atoms with E-state index in [4.69, 9.17) is 4.74 Å². The Hall–Kier alpha value is -1.43. The van der Waals surface area contributed by atoms with Gasteiger partial charge in [-0.2, -0.15) is 5.10 Å². The van der Waals surface area contributed by atoms with Crippen molar-refractivity contribution in [3.63, 3.8) is 0 Å². The topological polar surface area (TPSA) is 69.0 Å². The van der Waals surface area contributed by atoms with Crippen molar-refractivity contribution in [1.82, 2.24) is 20.1 Å². The number of nitrogens with one attached hydrogen (secondary N) is 1. The summed E-state index contributed by atoms with van der Waals surface area (Å²) in [6.07, 6.45) is 4.66. The number of hydrogen-bond acceptors (Lipinski definition) is 4. The van der Waals surface area contributed by atoms with E-state index in [-0.39, 0.29) is 23.5 Å². The molecule has 0 aromatic carbocycles. The number of carbonyl (C=O) groups is 1. The van der Waals surface area contributed by atoms with Gasteiger partial charge in [-0.15, -0.1) is 0 Å². The molecule has 19 heavy (non-hydrogen) atoms. The molecule has 6 nitrogen and oxygen atoms in total. The Morgan fingerprint density at radius 3 is 2.95 bits per heavy atom. The molecule has 0 spiro atoms. The minimum absolute atomic E-state index is 0.0128. The summed E-state index contributed by atoms with van der Waals surface area (Å²) >= 11 is 0. The predicted octanol–water partition coefficient (Wildman–Crippen LogP) is 0.988. The van der Waals surface area contributed by atoms with E-state index >= 15 is 0 Å². The van der Waals surface area contributed by atoms with E-state index in [1.165, 1.54) is 6.33 Å². The van der Waals surface area contributed by atoms with Crippen LogP contribution in [-0.2, 0) is 16.1 Å². The van der Waals surface area contributed by atoms with Gasteiger partial charge in [-0.1, -0.05) is 13.8 Å². The quantitative estimate of drug-likeness (QED) is 0.833. The molecule has 0 aliphatic heterocycles. The number of hydrogen-bond donors (Lipinski definition) is 1. The van der Waals surface area contributed by atoms with E-state index in [9.17, 15) is 4.79 Å². The SMILES string of the molecule is CCO[C@@H]1C[C@H](NC(=O)CCn2cncn2)C1(C)C. The molecule has 1 heterocycles. The molecule has 0 bridgehead atoms. The third-order valence-corrected chi connectivity index (χ3v) is 3.92. The second kappa shape index (κ2) is 5.69. The summed E-state index contributed by atoms with van der Waals surface area (Å²) in [5, 5.41) is 7.05. The molecule has 0 unspecified atom stereocenters. The Kier molecular flexibility index (Phi) is 4.19. The molecule has 1 aromatic rings. The molecule has 1 fully saturated rings. The molecule has 106 valence electrons. The number of amides is 1. The van der Waals surface area contributed by atoms with E-state index in [0.717, 1.165) is 13.0 Å². The molecular weight excluding hydrogens is 244 g/mol. The molecule has 2 rings (SSSR count). The maximum absolute atomic E-state index is 11.9. The molecule has 1 aliphatic rings. The number of aromatic nitrogens is 3. The fourth-order valence-electron chi connectivity index (χ4n) is 2.45. The lowest BCUT2D eigenvalue weighted by Crippen LogP contribution is -2.62.